The van der Waals surface area contributed by atoms with Crippen molar-refractivity contribution >= 4 is 17.5 Å². The Morgan fingerprint density at radius 3 is 2.58 bits per heavy atom. The Balaban J connectivity index is 1.98. The van der Waals surface area contributed by atoms with E-state index in [-0.39, 0.29) is 11.8 Å². The minimum atomic E-state index is -0.153. The summed E-state index contributed by atoms with van der Waals surface area (Å²) in [6, 6.07) is 14.8. The van der Waals surface area contributed by atoms with Gasteiger partial charge in [-0.2, -0.15) is 0 Å². The molecule has 0 radical (unpaired) electrons. The summed E-state index contributed by atoms with van der Waals surface area (Å²) in [5, 5.41) is 5.76. The minimum absolute atomic E-state index is 0.0790. The Kier molecular flexibility index (Phi) is 7.32. The molecule has 0 fully saturated rings. The predicted octanol–water partition coefficient (Wildman–Crippen LogP) is 2.26. The highest BCUT2D eigenvalue weighted by molar-refractivity contribution is 5.95. The molecule has 2 rings (SSSR count). The molecular formula is C20H25N3O3. The van der Waals surface area contributed by atoms with Crippen LogP contribution in [0.1, 0.15) is 21.5 Å². The first kappa shape index (κ1) is 19.6. The van der Waals surface area contributed by atoms with Gasteiger partial charge in [0, 0.05) is 24.9 Å². The Labute approximate surface area is 154 Å². The molecule has 2 aromatic carbocycles. The number of carbonyl (C=O) groups is 2. The third-order valence-corrected chi connectivity index (χ3v) is 3.69. The Bertz CT molecular complexity index is 759. The molecule has 0 atom stereocenters. The number of amides is 2. The molecule has 0 aliphatic rings. The number of benzene rings is 2. The number of likely N-dealkylation sites (N-methyl/N-ethyl adjacent to an activating group) is 1. The van der Waals surface area contributed by atoms with E-state index in [0.29, 0.717) is 30.9 Å². The lowest BCUT2D eigenvalue weighted by Crippen LogP contribution is -2.27. The maximum Gasteiger partial charge on any atom is 0.251 e. The van der Waals surface area contributed by atoms with Crippen LogP contribution in [0.4, 0.5) is 5.69 Å². The number of hydrogen-bond donors (Lipinski definition) is 2. The van der Waals surface area contributed by atoms with Crippen LogP contribution in [0.5, 0.6) is 0 Å². The van der Waals surface area contributed by atoms with Gasteiger partial charge < -0.3 is 20.3 Å². The van der Waals surface area contributed by atoms with Crippen LogP contribution in [0, 0.1) is 0 Å². The van der Waals surface area contributed by atoms with Crippen LogP contribution in [-0.4, -0.2) is 44.5 Å². The summed E-state index contributed by atoms with van der Waals surface area (Å²) in [5.74, 6) is -0.232. The van der Waals surface area contributed by atoms with Crippen molar-refractivity contribution in [2.24, 2.45) is 0 Å². The van der Waals surface area contributed by atoms with E-state index in [4.69, 9.17) is 4.74 Å². The summed E-state index contributed by atoms with van der Waals surface area (Å²) >= 11 is 0. The van der Waals surface area contributed by atoms with Crippen LogP contribution >= 0.6 is 0 Å². The van der Waals surface area contributed by atoms with Gasteiger partial charge in [0.05, 0.1) is 13.2 Å². The van der Waals surface area contributed by atoms with Gasteiger partial charge in [0.2, 0.25) is 5.91 Å². The molecule has 138 valence electrons. The third-order valence-electron chi connectivity index (χ3n) is 3.69. The van der Waals surface area contributed by atoms with Gasteiger partial charge in [-0.3, -0.25) is 9.59 Å². The van der Waals surface area contributed by atoms with Crippen LogP contribution < -0.4 is 10.6 Å². The van der Waals surface area contributed by atoms with Gasteiger partial charge in [-0.25, -0.2) is 0 Å². The standard InChI is InChI=1S/C20H25N3O3/c1-23(2)13-19(24)22-17-9-6-7-15(11-17)12-21-20(25)18-10-5-4-8-16(18)14-26-3/h4-11H,12-14H2,1-3H3,(H,21,25)(H,22,24). The van der Waals surface area contributed by atoms with E-state index >= 15 is 0 Å². The zero-order valence-corrected chi connectivity index (χ0v) is 15.4. The summed E-state index contributed by atoms with van der Waals surface area (Å²) in [6.45, 7) is 1.08. The van der Waals surface area contributed by atoms with Crippen LogP contribution in [0.2, 0.25) is 0 Å². The maximum absolute atomic E-state index is 12.5. The van der Waals surface area contributed by atoms with Crippen molar-refractivity contribution in [1.82, 2.24) is 10.2 Å². The summed E-state index contributed by atoms with van der Waals surface area (Å²) in [7, 11) is 5.28. The fourth-order valence-electron chi connectivity index (χ4n) is 2.55. The first-order valence-corrected chi connectivity index (χ1v) is 8.38. The molecule has 2 aromatic rings. The lowest BCUT2D eigenvalue weighted by molar-refractivity contribution is -0.116. The molecule has 6 nitrogen and oxygen atoms in total. The van der Waals surface area contributed by atoms with Crippen LogP contribution in [-0.2, 0) is 22.7 Å². The molecule has 0 aliphatic carbocycles. The second kappa shape index (κ2) is 9.70. The minimum Gasteiger partial charge on any atom is -0.380 e. The number of methoxy groups -OCH3 is 1. The fraction of sp³-hybridized carbons (Fsp3) is 0.300. The molecule has 0 saturated carbocycles. The molecule has 2 amide bonds. The average molecular weight is 355 g/mol. The first-order chi connectivity index (χ1) is 12.5. The van der Waals surface area contributed by atoms with Gasteiger partial charge in [-0.15, -0.1) is 0 Å². The van der Waals surface area contributed by atoms with Gasteiger partial charge in [0.1, 0.15) is 0 Å². The second-order valence-electron chi connectivity index (χ2n) is 6.26. The van der Waals surface area contributed by atoms with Crippen molar-refractivity contribution in [3.05, 3.63) is 65.2 Å². The summed E-state index contributed by atoms with van der Waals surface area (Å²) in [5.41, 5.74) is 3.07. The molecule has 0 spiro atoms. The molecular weight excluding hydrogens is 330 g/mol. The molecule has 0 unspecified atom stereocenters. The number of anilines is 1. The number of rotatable bonds is 8. The molecule has 2 N–H and O–H groups in total. The van der Waals surface area contributed by atoms with Crippen molar-refractivity contribution in [2.75, 3.05) is 33.1 Å². The van der Waals surface area contributed by atoms with E-state index in [2.05, 4.69) is 10.6 Å². The van der Waals surface area contributed by atoms with E-state index in [1.807, 2.05) is 56.6 Å². The van der Waals surface area contributed by atoms with Gasteiger partial charge in [-0.1, -0.05) is 30.3 Å². The molecule has 6 heteroatoms. The Morgan fingerprint density at radius 2 is 1.85 bits per heavy atom. The van der Waals surface area contributed by atoms with E-state index in [1.165, 1.54) is 0 Å². The molecule has 26 heavy (non-hydrogen) atoms. The lowest BCUT2D eigenvalue weighted by Gasteiger charge is -2.12. The molecule has 0 aromatic heterocycles. The quantitative estimate of drug-likeness (QED) is 0.762. The lowest BCUT2D eigenvalue weighted by atomic mass is 10.1. The third kappa shape index (κ3) is 5.98. The van der Waals surface area contributed by atoms with E-state index < -0.39 is 0 Å². The topological polar surface area (TPSA) is 70.7 Å². The zero-order chi connectivity index (χ0) is 18.9. The Morgan fingerprint density at radius 1 is 1.08 bits per heavy atom. The highest BCUT2D eigenvalue weighted by Crippen LogP contribution is 2.13. The molecule has 0 aliphatic heterocycles. The van der Waals surface area contributed by atoms with E-state index in [0.717, 1.165) is 11.1 Å². The van der Waals surface area contributed by atoms with Crippen molar-refractivity contribution < 1.29 is 14.3 Å². The summed E-state index contributed by atoms with van der Waals surface area (Å²) < 4.78 is 5.14. The predicted molar refractivity (Wildman–Crippen MR) is 102 cm³/mol. The van der Waals surface area contributed by atoms with Crippen molar-refractivity contribution in [2.45, 2.75) is 13.2 Å². The first-order valence-electron chi connectivity index (χ1n) is 8.38. The van der Waals surface area contributed by atoms with E-state index in [1.54, 1.807) is 18.1 Å². The van der Waals surface area contributed by atoms with Gasteiger partial charge in [0.25, 0.3) is 5.91 Å². The SMILES string of the molecule is COCc1ccccc1C(=O)NCc1cccc(NC(=O)CN(C)C)c1. The summed E-state index contributed by atoms with van der Waals surface area (Å²) in [4.78, 5) is 26.1. The van der Waals surface area contributed by atoms with Gasteiger partial charge in [-0.05, 0) is 43.4 Å². The van der Waals surface area contributed by atoms with Crippen molar-refractivity contribution in [1.29, 1.82) is 0 Å². The average Bonchev–Trinajstić information content (AvgIpc) is 2.60. The van der Waals surface area contributed by atoms with Gasteiger partial charge in [0.15, 0.2) is 0 Å². The largest absolute Gasteiger partial charge is 0.380 e. The number of hydrogen-bond acceptors (Lipinski definition) is 4. The van der Waals surface area contributed by atoms with Crippen LogP contribution in [0.25, 0.3) is 0 Å². The van der Waals surface area contributed by atoms with Gasteiger partial charge >= 0.3 is 0 Å². The summed E-state index contributed by atoms with van der Waals surface area (Å²) in [6.07, 6.45) is 0. The van der Waals surface area contributed by atoms with Crippen LogP contribution in [0.15, 0.2) is 48.5 Å². The molecule has 0 saturated heterocycles. The zero-order valence-electron chi connectivity index (χ0n) is 15.4. The van der Waals surface area contributed by atoms with Crippen molar-refractivity contribution in [3.63, 3.8) is 0 Å². The monoisotopic (exact) mass is 355 g/mol. The molecule has 0 heterocycles. The number of nitrogens with zero attached hydrogens (tertiary/aromatic N) is 1. The van der Waals surface area contributed by atoms with E-state index in [9.17, 15) is 9.59 Å². The van der Waals surface area contributed by atoms with Crippen LogP contribution in [0.3, 0.4) is 0 Å². The number of nitrogens with one attached hydrogen (secondary N) is 2. The highest BCUT2D eigenvalue weighted by atomic mass is 16.5. The molecule has 0 bridgehead atoms. The van der Waals surface area contributed by atoms with Crippen molar-refractivity contribution in [3.8, 4) is 0 Å². The number of carbonyl (C=O) groups excluding carboxylic acids is 2. The number of ether oxygens (including phenoxy) is 1. The second-order valence-corrected chi connectivity index (χ2v) is 6.26. The smallest absolute Gasteiger partial charge is 0.251 e. The Hall–Kier alpha value is -2.70. The normalized spacial score (nSPS) is 10.6. The maximum atomic E-state index is 12.5. The highest BCUT2D eigenvalue weighted by Gasteiger charge is 2.10. The fourth-order valence-corrected chi connectivity index (χ4v) is 2.55.